The highest BCUT2D eigenvalue weighted by Crippen LogP contribution is 2.29. The minimum atomic E-state index is -2.90. The topological polar surface area (TPSA) is 26.0 Å². The van der Waals surface area contributed by atoms with Crippen LogP contribution in [0.3, 0.4) is 0 Å². The summed E-state index contributed by atoms with van der Waals surface area (Å²) in [5.74, 6) is -2.33. The van der Waals surface area contributed by atoms with Crippen molar-refractivity contribution in [2.75, 3.05) is 0 Å². The molecule has 0 aromatic carbocycles. The Hall–Kier alpha value is -0.930. The van der Waals surface area contributed by atoms with E-state index in [0.29, 0.717) is 12.3 Å². The van der Waals surface area contributed by atoms with E-state index >= 15 is 0 Å². The maximum Gasteiger partial charge on any atom is 0.290 e. The van der Waals surface area contributed by atoms with Crippen LogP contribution < -0.4 is 0 Å². The number of nitrogens with zero attached hydrogens (tertiary/aromatic N) is 1. The van der Waals surface area contributed by atoms with Gasteiger partial charge in [0.2, 0.25) is 0 Å². The van der Waals surface area contributed by atoms with Crippen LogP contribution in [0.25, 0.3) is 0 Å². The Morgan fingerprint density at radius 3 is 2.42 bits per heavy atom. The van der Waals surface area contributed by atoms with E-state index in [9.17, 15) is 8.78 Å². The van der Waals surface area contributed by atoms with E-state index < -0.39 is 5.92 Å². The summed E-state index contributed by atoms with van der Waals surface area (Å²) in [5, 5.41) is 0. The first-order chi connectivity index (χ1) is 5.45. The van der Waals surface area contributed by atoms with Gasteiger partial charge in [-0.3, -0.25) is 0 Å². The first-order valence-electron chi connectivity index (χ1n) is 3.79. The van der Waals surface area contributed by atoms with Crippen LogP contribution in [0.15, 0.2) is 4.42 Å². The van der Waals surface area contributed by atoms with Crippen molar-refractivity contribution in [3.8, 4) is 0 Å². The molecule has 0 aliphatic rings. The van der Waals surface area contributed by atoms with Crippen molar-refractivity contribution in [3.63, 3.8) is 0 Å². The smallest absolute Gasteiger partial charge is 0.290 e. The van der Waals surface area contributed by atoms with Gasteiger partial charge in [0.15, 0.2) is 11.6 Å². The minimum absolute atomic E-state index is 0.234. The summed E-state index contributed by atoms with van der Waals surface area (Å²) in [7, 11) is 0. The molecule has 0 aliphatic carbocycles. The number of rotatable bonds is 2. The molecule has 0 fully saturated rings. The van der Waals surface area contributed by atoms with Crippen LogP contribution in [0.2, 0.25) is 0 Å². The van der Waals surface area contributed by atoms with Gasteiger partial charge in [0, 0.05) is 20.3 Å². The molecule has 1 heterocycles. The van der Waals surface area contributed by atoms with E-state index in [1.54, 1.807) is 13.8 Å². The SMILES string of the molecule is CCc1oc(C)nc1C(C)(F)F. The summed E-state index contributed by atoms with van der Waals surface area (Å²) in [5.41, 5.74) is -0.234. The second-order valence-corrected chi connectivity index (χ2v) is 2.75. The maximum atomic E-state index is 12.8. The Morgan fingerprint density at radius 2 is 2.08 bits per heavy atom. The third-order valence-corrected chi connectivity index (χ3v) is 1.54. The zero-order chi connectivity index (χ0) is 9.35. The lowest BCUT2D eigenvalue weighted by Crippen LogP contribution is -2.10. The van der Waals surface area contributed by atoms with Crippen molar-refractivity contribution >= 4 is 0 Å². The fraction of sp³-hybridized carbons (Fsp3) is 0.625. The zero-order valence-electron chi connectivity index (χ0n) is 7.32. The summed E-state index contributed by atoms with van der Waals surface area (Å²) in [6.45, 7) is 4.15. The molecule has 0 saturated heterocycles. The largest absolute Gasteiger partial charge is 0.446 e. The maximum absolute atomic E-state index is 12.8. The third kappa shape index (κ3) is 1.62. The van der Waals surface area contributed by atoms with Gasteiger partial charge in [0.05, 0.1) is 0 Å². The molecule has 0 N–H and O–H groups in total. The number of aryl methyl sites for hydroxylation is 2. The van der Waals surface area contributed by atoms with Crippen molar-refractivity contribution in [3.05, 3.63) is 17.3 Å². The summed E-state index contributed by atoms with van der Waals surface area (Å²) >= 11 is 0. The number of aromatic nitrogens is 1. The molecule has 0 atom stereocenters. The van der Waals surface area contributed by atoms with Crippen LogP contribution in [0, 0.1) is 6.92 Å². The van der Waals surface area contributed by atoms with Gasteiger partial charge < -0.3 is 4.42 Å². The van der Waals surface area contributed by atoms with Crippen LogP contribution in [0.4, 0.5) is 8.78 Å². The van der Waals surface area contributed by atoms with Crippen LogP contribution in [0.1, 0.15) is 31.2 Å². The van der Waals surface area contributed by atoms with Gasteiger partial charge in [0.25, 0.3) is 5.92 Å². The number of alkyl halides is 2. The predicted molar refractivity (Wildman–Crippen MR) is 40.2 cm³/mol. The lowest BCUT2D eigenvalue weighted by Gasteiger charge is -2.06. The first kappa shape index (κ1) is 9.16. The molecule has 68 valence electrons. The van der Waals surface area contributed by atoms with Crippen LogP contribution in [-0.2, 0) is 12.3 Å². The molecule has 1 aromatic rings. The van der Waals surface area contributed by atoms with Crippen LogP contribution in [-0.4, -0.2) is 4.98 Å². The van der Waals surface area contributed by atoms with Gasteiger partial charge in [-0.2, -0.15) is 8.78 Å². The van der Waals surface area contributed by atoms with Gasteiger partial charge in [-0.25, -0.2) is 4.98 Å². The summed E-state index contributed by atoms with van der Waals surface area (Å²) in [6.07, 6.45) is 0.444. The molecule has 1 aromatic heterocycles. The molecule has 0 radical (unpaired) electrons. The van der Waals surface area contributed by atoms with Crippen LogP contribution in [0.5, 0.6) is 0 Å². The van der Waals surface area contributed by atoms with Crippen molar-refractivity contribution in [2.24, 2.45) is 0 Å². The van der Waals surface area contributed by atoms with E-state index in [4.69, 9.17) is 4.42 Å². The second kappa shape index (κ2) is 2.84. The highest BCUT2D eigenvalue weighted by molar-refractivity contribution is 5.14. The van der Waals surface area contributed by atoms with Crippen LogP contribution >= 0.6 is 0 Å². The number of hydrogen-bond donors (Lipinski definition) is 0. The highest BCUT2D eigenvalue weighted by Gasteiger charge is 2.31. The number of halogens is 2. The Bertz CT molecular complexity index is 275. The van der Waals surface area contributed by atoms with Crippen molar-refractivity contribution in [1.29, 1.82) is 0 Å². The molecule has 0 spiro atoms. The fourth-order valence-electron chi connectivity index (χ4n) is 1.05. The monoisotopic (exact) mass is 175 g/mol. The third-order valence-electron chi connectivity index (χ3n) is 1.54. The molecule has 12 heavy (non-hydrogen) atoms. The van der Waals surface area contributed by atoms with E-state index in [-0.39, 0.29) is 11.5 Å². The Labute approximate surface area is 69.6 Å². The second-order valence-electron chi connectivity index (χ2n) is 2.75. The van der Waals surface area contributed by atoms with E-state index in [2.05, 4.69) is 4.98 Å². The Morgan fingerprint density at radius 1 is 1.50 bits per heavy atom. The minimum Gasteiger partial charge on any atom is -0.446 e. The van der Waals surface area contributed by atoms with E-state index in [0.717, 1.165) is 6.92 Å². The molecule has 4 heteroatoms. The van der Waals surface area contributed by atoms with Gasteiger partial charge in [-0.1, -0.05) is 6.92 Å². The average Bonchev–Trinajstić information content (AvgIpc) is 2.29. The highest BCUT2D eigenvalue weighted by atomic mass is 19.3. The van der Waals surface area contributed by atoms with Gasteiger partial charge >= 0.3 is 0 Å². The molecule has 1 rings (SSSR count). The van der Waals surface area contributed by atoms with E-state index in [1.165, 1.54) is 0 Å². The molecule has 0 unspecified atom stereocenters. The summed E-state index contributed by atoms with van der Waals surface area (Å²) in [4.78, 5) is 3.64. The first-order valence-corrected chi connectivity index (χ1v) is 3.79. The lowest BCUT2D eigenvalue weighted by atomic mass is 10.2. The molecule has 2 nitrogen and oxygen atoms in total. The molecule has 0 bridgehead atoms. The zero-order valence-corrected chi connectivity index (χ0v) is 7.32. The summed E-state index contributed by atoms with van der Waals surface area (Å²) in [6, 6.07) is 0. The summed E-state index contributed by atoms with van der Waals surface area (Å²) < 4.78 is 30.6. The molecule has 0 amide bonds. The van der Waals surface area contributed by atoms with E-state index in [1.807, 2.05) is 0 Å². The van der Waals surface area contributed by atoms with Gasteiger partial charge in [-0.05, 0) is 0 Å². The fourth-order valence-corrected chi connectivity index (χ4v) is 1.05. The molecule has 0 saturated carbocycles. The molecular formula is C8H11F2NO. The predicted octanol–water partition coefficient (Wildman–Crippen LogP) is 2.66. The normalized spacial score (nSPS) is 12.1. The Kier molecular flexibility index (Phi) is 2.17. The molecule has 0 aliphatic heterocycles. The standard InChI is InChI=1S/C8H11F2NO/c1-4-6-7(8(3,9)10)11-5(2)12-6/h4H2,1-3H3. The van der Waals surface area contributed by atoms with Crippen molar-refractivity contribution in [2.45, 2.75) is 33.1 Å². The Balaban J connectivity index is 3.13. The lowest BCUT2D eigenvalue weighted by molar-refractivity contribution is 0.0115. The number of oxazole rings is 1. The van der Waals surface area contributed by atoms with Crippen molar-refractivity contribution < 1.29 is 13.2 Å². The number of hydrogen-bond acceptors (Lipinski definition) is 2. The average molecular weight is 175 g/mol. The quantitative estimate of drug-likeness (QED) is 0.690. The molecular weight excluding hydrogens is 164 g/mol. The van der Waals surface area contributed by atoms with Crippen molar-refractivity contribution in [1.82, 2.24) is 4.98 Å². The van der Waals surface area contributed by atoms with Gasteiger partial charge in [0.1, 0.15) is 5.76 Å². The van der Waals surface area contributed by atoms with Gasteiger partial charge in [-0.15, -0.1) is 0 Å².